The summed E-state index contributed by atoms with van der Waals surface area (Å²) in [5, 5.41) is 8.31. The second kappa shape index (κ2) is 5.24. The normalized spacial score (nSPS) is 17.9. The van der Waals surface area contributed by atoms with Crippen molar-refractivity contribution in [2.45, 2.75) is 39.2 Å². The Hall–Kier alpha value is -1.29. The number of halogens is 1. The summed E-state index contributed by atoms with van der Waals surface area (Å²) in [4.78, 5) is 0. The van der Waals surface area contributed by atoms with Crippen LogP contribution in [0.5, 0.6) is 0 Å². The van der Waals surface area contributed by atoms with Crippen LogP contribution in [-0.4, -0.2) is 16.3 Å². The molecule has 0 fully saturated rings. The van der Waals surface area contributed by atoms with Gasteiger partial charge in [-0.3, -0.25) is 0 Å². The number of aryl methyl sites for hydroxylation is 1. The van der Waals surface area contributed by atoms with Crippen molar-refractivity contribution in [3.63, 3.8) is 0 Å². The Morgan fingerprint density at radius 2 is 2.00 bits per heavy atom. The van der Waals surface area contributed by atoms with Crippen LogP contribution in [0.3, 0.4) is 0 Å². The Labute approximate surface area is 128 Å². The van der Waals surface area contributed by atoms with Gasteiger partial charge < -0.3 is 5.32 Å². The summed E-state index contributed by atoms with van der Waals surface area (Å²) in [5.74, 6) is 1.54. The Morgan fingerprint density at radius 1 is 1.30 bits per heavy atom. The molecule has 20 heavy (non-hydrogen) atoms. The number of fused-ring (bicyclic) bond motifs is 1. The summed E-state index contributed by atoms with van der Waals surface area (Å²) in [7, 11) is 0. The van der Waals surface area contributed by atoms with Crippen molar-refractivity contribution in [2.24, 2.45) is 0 Å². The van der Waals surface area contributed by atoms with Crippen LogP contribution in [0.15, 0.2) is 28.7 Å². The number of hydrogen-bond acceptors (Lipinski definition) is 2. The maximum atomic E-state index is 4.84. The van der Waals surface area contributed by atoms with E-state index >= 15 is 0 Å². The number of anilines is 1. The fourth-order valence-electron chi connectivity index (χ4n) is 2.73. The lowest BCUT2D eigenvalue weighted by Crippen LogP contribution is -2.24. The van der Waals surface area contributed by atoms with Gasteiger partial charge >= 0.3 is 0 Å². The van der Waals surface area contributed by atoms with Crippen LogP contribution in [0.25, 0.3) is 0 Å². The summed E-state index contributed by atoms with van der Waals surface area (Å²) in [5.41, 5.74) is 3.77. The standard InChI is InChI=1S/C16H20BrN3/c1-10(2)15-14(17)16-18-9-8-13(20(16)19-15)12-6-4-11(3)5-7-12/h4-7,10,13,18H,8-9H2,1-3H3. The molecule has 0 aliphatic carbocycles. The lowest BCUT2D eigenvalue weighted by atomic mass is 10.0. The molecule has 0 spiro atoms. The fraction of sp³-hybridized carbons (Fsp3) is 0.438. The number of benzene rings is 1. The monoisotopic (exact) mass is 333 g/mol. The van der Waals surface area contributed by atoms with Gasteiger partial charge in [0.15, 0.2) is 0 Å². The van der Waals surface area contributed by atoms with Gasteiger partial charge in [-0.2, -0.15) is 5.10 Å². The molecule has 1 atom stereocenters. The molecule has 1 unspecified atom stereocenters. The van der Waals surface area contributed by atoms with E-state index in [0.717, 1.165) is 29.0 Å². The molecule has 0 radical (unpaired) electrons. The minimum atomic E-state index is 0.329. The van der Waals surface area contributed by atoms with E-state index in [1.54, 1.807) is 0 Å². The molecule has 0 saturated heterocycles. The fourth-order valence-corrected chi connectivity index (χ4v) is 3.59. The first kappa shape index (κ1) is 13.7. The molecule has 2 heterocycles. The zero-order valence-electron chi connectivity index (χ0n) is 12.2. The smallest absolute Gasteiger partial charge is 0.139 e. The van der Waals surface area contributed by atoms with Crippen molar-refractivity contribution in [1.82, 2.24) is 9.78 Å². The zero-order chi connectivity index (χ0) is 14.3. The predicted octanol–water partition coefficient (Wildman–Crippen LogP) is 4.48. The third-order valence-electron chi connectivity index (χ3n) is 3.89. The van der Waals surface area contributed by atoms with E-state index in [9.17, 15) is 0 Å². The molecule has 0 bridgehead atoms. The van der Waals surface area contributed by atoms with Gasteiger partial charge in [0, 0.05) is 6.54 Å². The SMILES string of the molecule is Cc1ccc(C2CCNc3c(Br)c(C(C)C)nn32)cc1. The Kier molecular flexibility index (Phi) is 3.59. The number of hydrogen-bond donors (Lipinski definition) is 1. The first-order valence-electron chi connectivity index (χ1n) is 7.16. The van der Waals surface area contributed by atoms with Gasteiger partial charge in [0.25, 0.3) is 0 Å². The van der Waals surface area contributed by atoms with Crippen LogP contribution < -0.4 is 5.32 Å². The van der Waals surface area contributed by atoms with Crippen LogP contribution in [0.4, 0.5) is 5.82 Å². The third-order valence-corrected chi connectivity index (χ3v) is 4.67. The van der Waals surface area contributed by atoms with E-state index < -0.39 is 0 Å². The van der Waals surface area contributed by atoms with E-state index in [0.29, 0.717) is 12.0 Å². The highest BCUT2D eigenvalue weighted by molar-refractivity contribution is 9.10. The van der Waals surface area contributed by atoms with Gasteiger partial charge in [0.1, 0.15) is 5.82 Å². The number of nitrogens with zero attached hydrogens (tertiary/aromatic N) is 2. The zero-order valence-corrected chi connectivity index (χ0v) is 13.7. The molecule has 4 heteroatoms. The largest absolute Gasteiger partial charge is 0.369 e. The highest BCUT2D eigenvalue weighted by Crippen LogP contribution is 2.38. The highest BCUT2D eigenvalue weighted by atomic mass is 79.9. The van der Waals surface area contributed by atoms with E-state index in [-0.39, 0.29) is 0 Å². The van der Waals surface area contributed by atoms with Gasteiger partial charge in [-0.15, -0.1) is 0 Å². The summed E-state index contributed by atoms with van der Waals surface area (Å²) in [6.07, 6.45) is 1.07. The van der Waals surface area contributed by atoms with Gasteiger partial charge in [0.05, 0.1) is 16.2 Å². The van der Waals surface area contributed by atoms with Crippen LogP contribution in [0.1, 0.15) is 49.0 Å². The molecular formula is C16H20BrN3. The molecule has 1 aliphatic rings. The molecule has 1 aromatic heterocycles. The molecule has 1 aromatic carbocycles. The highest BCUT2D eigenvalue weighted by Gasteiger charge is 2.27. The van der Waals surface area contributed by atoms with Crippen LogP contribution in [-0.2, 0) is 0 Å². The number of nitrogens with one attached hydrogen (secondary N) is 1. The average Bonchev–Trinajstić information content (AvgIpc) is 2.78. The quantitative estimate of drug-likeness (QED) is 0.877. The van der Waals surface area contributed by atoms with E-state index in [2.05, 4.69) is 71.0 Å². The minimum Gasteiger partial charge on any atom is -0.369 e. The van der Waals surface area contributed by atoms with Gasteiger partial charge in [-0.25, -0.2) is 4.68 Å². The van der Waals surface area contributed by atoms with Gasteiger partial charge in [-0.05, 0) is 40.8 Å². The summed E-state index contributed by atoms with van der Waals surface area (Å²) in [6, 6.07) is 9.13. The second-order valence-corrected chi connectivity index (χ2v) is 6.58. The van der Waals surface area contributed by atoms with Crippen molar-refractivity contribution in [3.05, 3.63) is 45.6 Å². The molecular weight excluding hydrogens is 314 g/mol. The lowest BCUT2D eigenvalue weighted by molar-refractivity contribution is 0.476. The van der Waals surface area contributed by atoms with E-state index in [1.165, 1.54) is 11.1 Å². The molecule has 3 nitrogen and oxygen atoms in total. The van der Waals surface area contributed by atoms with E-state index in [4.69, 9.17) is 5.10 Å². The van der Waals surface area contributed by atoms with E-state index in [1.807, 2.05) is 0 Å². The summed E-state index contributed by atoms with van der Waals surface area (Å²) >= 11 is 3.70. The van der Waals surface area contributed by atoms with Crippen molar-refractivity contribution < 1.29 is 0 Å². The molecule has 1 aliphatic heterocycles. The average molecular weight is 334 g/mol. The maximum absolute atomic E-state index is 4.84. The minimum absolute atomic E-state index is 0.329. The Bertz CT molecular complexity index is 613. The van der Waals surface area contributed by atoms with Crippen molar-refractivity contribution in [1.29, 1.82) is 0 Å². The van der Waals surface area contributed by atoms with Crippen molar-refractivity contribution in [2.75, 3.05) is 11.9 Å². The van der Waals surface area contributed by atoms with Gasteiger partial charge in [0.2, 0.25) is 0 Å². The maximum Gasteiger partial charge on any atom is 0.139 e. The molecule has 0 amide bonds. The Morgan fingerprint density at radius 3 is 2.65 bits per heavy atom. The third kappa shape index (κ3) is 2.26. The number of aromatic nitrogens is 2. The number of rotatable bonds is 2. The topological polar surface area (TPSA) is 29.9 Å². The molecule has 1 N–H and O–H groups in total. The first-order chi connectivity index (χ1) is 9.58. The predicted molar refractivity (Wildman–Crippen MR) is 86.4 cm³/mol. The molecule has 106 valence electrons. The van der Waals surface area contributed by atoms with Crippen LogP contribution in [0, 0.1) is 6.92 Å². The van der Waals surface area contributed by atoms with Crippen molar-refractivity contribution >= 4 is 21.7 Å². The Balaban J connectivity index is 2.05. The second-order valence-electron chi connectivity index (χ2n) is 5.79. The summed E-state index contributed by atoms with van der Waals surface area (Å²) in [6.45, 7) is 7.47. The lowest BCUT2D eigenvalue weighted by Gasteiger charge is -2.26. The molecule has 0 saturated carbocycles. The summed E-state index contributed by atoms with van der Waals surface area (Å²) < 4.78 is 3.26. The van der Waals surface area contributed by atoms with Crippen LogP contribution >= 0.6 is 15.9 Å². The van der Waals surface area contributed by atoms with Crippen LogP contribution in [0.2, 0.25) is 0 Å². The molecule has 2 aromatic rings. The van der Waals surface area contributed by atoms with Gasteiger partial charge in [-0.1, -0.05) is 43.7 Å². The molecule has 3 rings (SSSR count). The first-order valence-corrected chi connectivity index (χ1v) is 7.95. The van der Waals surface area contributed by atoms with Crippen molar-refractivity contribution in [3.8, 4) is 0 Å².